The van der Waals surface area contributed by atoms with Crippen LogP contribution >= 0.6 is 116 Å². The van der Waals surface area contributed by atoms with Crippen molar-refractivity contribution < 1.29 is 88.2 Å². The quantitative estimate of drug-likeness (QED) is 0.0444. The number of imide groups is 4. The van der Waals surface area contributed by atoms with E-state index < -0.39 is 95.0 Å². The van der Waals surface area contributed by atoms with E-state index in [4.69, 9.17) is 116 Å². The second-order valence-electron chi connectivity index (χ2n) is 32.3. The van der Waals surface area contributed by atoms with E-state index in [0.717, 1.165) is 28.0 Å². The molecular formula is C109H82Cl10N8O19S3. The maximum absolute atomic E-state index is 14.1. The number of hydrogen-bond donors (Lipinski definition) is 2. The van der Waals surface area contributed by atoms with E-state index in [-0.39, 0.29) is 110 Å². The Morgan fingerprint density at radius 1 is 0.208 bits per heavy atom. The van der Waals surface area contributed by atoms with Gasteiger partial charge < -0.3 is 10.2 Å². The first kappa shape index (κ1) is 114. The third-order valence-corrected chi connectivity index (χ3v) is 29.3. The van der Waals surface area contributed by atoms with E-state index in [0.29, 0.717) is 88.0 Å². The third kappa shape index (κ3) is 28.9. The molecular weight excluding hydrogens is 2180 g/mol. The van der Waals surface area contributed by atoms with Gasteiger partial charge in [-0.2, -0.15) is 36.9 Å². The average Bonchev–Trinajstić information content (AvgIpc) is 0.757. The largest absolute Gasteiger partial charge is 0.392 e. The Bertz CT molecular complexity index is 7640. The maximum atomic E-state index is 14.1. The molecule has 0 heterocycles. The number of amides is 11. The van der Waals surface area contributed by atoms with Gasteiger partial charge in [-0.3, -0.25) is 57.7 Å². The molecule has 0 aromatic heterocycles. The zero-order valence-corrected chi connectivity index (χ0v) is 88.4. The summed E-state index contributed by atoms with van der Waals surface area (Å²) in [5.74, 6) is -10.7. The summed E-state index contributed by atoms with van der Waals surface area (Å²) in [6.45, 7) is 5.72. The summed E-state index contributed by atoms with van der Waals surface area (Å²) in [6, 6.07) is 87.3. The van der Waals surface area contributed by atoms with Crippen molar-refractivity contribution in [3.05, 3.63) is 509 Å². The predicted molar refractivity (Wildman–Crippen MR) is 570 cm³/mol. The van der Waals surface area contributed by atoms with Crippen molar-refractivity contribution in [2.45, 2.75) is 68.7 Å². The molecule has 0 saturated heterocycles. The van der Waals surface area contributed by atoms with Gasteiger partial charge in [0.05, 0.1) is 41.0 Å². The molecule has 0 aliphatic carbocycles. The molecule has 0 radical (unpaired) electrons. The average molecular weight is 2260 g/mol. The zero-order chi connectivity index (χ0) is 108. The highest BCUT2D eigenvalue weighted by Crippen LogP contribution is 2.34. The van der Waals surface area contributed by atoms with Gasteiger partial charge in [-0.05, 0) is 322 Å². The summed E-state index contributed by atoms with van der Waals surface area (Å²) in [7, 11) is -13.8. The Morgan fingerprint density at radius 3 is 0.604 bits per heavy atom. The molecule has 40 heteroatoms. The number of carbonyl (C=O) groups is 11. The van der Waals surface area contributed by atoms with Gasteiger partial charge in [-0.1, -0.05) is 218 Å². The summed E-state index contributed by atoms with van der Waals surface area (Å²) in [5, 5.41) is 25.5. The smallest absolute Gasteiger partial charge is 0.287 e. The maximum Gasteiger partial charge on any atom is 0.287 e. The number of carbonyl (C=O) groups excluding carboxylic acids is 11. The molecule has 2 N–H and O–H groups in total. The van der Waals surface area contributed by atoms with Crippen molar-refractivity contribution in [2.75, 3.05) is 0 Å². The van der Waals surface area contributed by atoms with Crippen molar-refractivity contribution in [1.29, 1.82) is 0 Å². The fraction of sp³-hybridized carbons (Fsp3) is 0.0734. The molecule has 760 valence electrons. The molecule has 0 spiro atoms. The number of aliphatic hydroxyl groups is 2. The molecule has 11 amide bonds. The number of nitrogens with zero attached hydrogens (tertiary/aromatic N) is 8. The molecule has 0 fully saturated rings. The number of halogens is 10. The Balaban J connectivity index is 0.000000177. The fourth-order valence-corrected chi connectivity index (χ4v) is 19.2. The van der Waals surface area contributed by atoms with Crippen LogP contribution < -0.4 is 0 Å². The molecule has 15 rings (SSSR count). The molecule has 0 aliphatic rings. The summed E-state index contributed by atoms with van der Waals surface area (Å²) in [6.07, 6.45) is 0. The molecule has 0 unspecified atom stereocenters. The molecule has 15 aromatic carbocycles. The Kier molecular flexibility index (Phi) is 39.1. The zero-order valence-electron chi connectivity index (χ0n) is 78.4. The number of aryl methyl sites for hydroxylation is 3. The van der Waals surface area contributed by atoms with E-state index in [2.05, 4.69) is 0 Å². The van der Waals surface area contributed by atoms with E-state index in [1.165, 1.54) is 284 Å². The minimum absolute atomic E-state index is 0.0166. The highest BCUT2D eigenvalue weighted by atomic mass is 35.5. The summed E-state index contributed by atoms with van der Waals surface area (Å²) >= 11 is 59.7. The van der Waals surface area contributed by atoms with E-state index in [9.17, 15) is 88.2 Å². The van der Waals surface area contributed by atoms with E-state index in [1.807, 2.05) is 6.92 Å². The van der Waals surface area contributed by atoms with Crippen LogP contribution in [0.1, 0.15) is 149 Å². The molecule has 0 saturated carbocycles. The first-order chi connectivity index (χ1) is 70.9. The Labute approximate surface area is 907 Å². The van der Waals surface area contributed by atoms with Gasteiger partial charge >= 0.3 is 0 Å². The number of rotatable bonds is 23. The lowest BCUT2D eigenvalue weighted by atomic mass is 10.1. The number of hydrogen-bond acceptors (Lipinski definition) is 19. The van der Waals surface area contributed by atoms with Crippen molar-refractivity contribution in [1.82, 2.24) is 38.3 Å². The minimum atomic E-state index is -4.85. The monoisotopic (exact) mass is 2250 g/mol. The van der Waals surface area contributed by atoms with E-state index >= 15 is 0 Å². The number of hydrazine groups is 4. The summed E-state index contributed by atoms with van der Waals surface area (Å²) in [4.78, 5) is 149. The second kappa shape index (κ2) is 51.2. The van der Waals surface area contributed by atoms with Crippen LogP contribution in [0.4, 0.5) is 0 Å². The fourth-order valence-electron chi connectivity index (χ4n) is 13.8. The van der Waals surface area contributed by atoms with Crippen LogP contribution in [0.25, 0.3) is 0 Å². The number of benzene rings is 15. The normalized spacial score (nSPS) is 11.0. The number of sulfonamides is 3. The summed E-state index contributed by atoms with van der Waals surface area (Å²) < 4.78 is 85.8. The molecule has 0 bridgehead atoms. The highest BCUT2D eigenvalue weighted by molar-refractivity contribution is 7.90. The van der Waals surface area contributed by atoms with Gasteiger partial charge in [-0.25, -0.2) is 8.42 Å². The standard InChI is InChI=1S/C30H25ClN2O7S.C28H19Cl3N2O5S.C28H23Cl3N2O3S.C23H15Cl3N2O4/c1-20-2-16-27(17-3-20)41(39,40)33(30(38)25-12-14-26(31)15-13-25)32(28(36)23-8-4-21(18-34)5-9-23)29(37)24-10-6-22(19-35)7-11-24;1-18-2-16-25(17-3-18)39(37,38)33(28(36)21-8-14-24(31)15-9-21)32(26(34)19-4-10-22(29)11-5-19)27(35)20-6-12-23(30)13-7-20;1-20-2-16-27(17-3-20)37(35,36)33(19-22-6-12-25(30)13-7-22)32(18-21-4-10-24(29)11-5-21)28(34)23-8-14-26(31)15-9-23;1-14(29)27(21(30)15-2-8-18(24)9-3-15)28(22(31)16-4-10-19(25)11-5-16)23(32)17-6-12-20(26)13-7-17/h2-17,34-35H,18-19H2,1H3;2-17H,1H3;2-17H,18-19H2,1H3;2-13H,1H3. The van der Waals surface area contributed by atoms with Crippen LogP contribution in [0, 0.1) is 20.8 Å². The SMILES string of the molecule is CC(=O)N(C(=O)c1ccc(Cl)cc1)N(C(=O)c1ccc(Cl)cc1)C(=O)c1ccc(Cl)cc1.Cc1ccc(S(=O)(=O)N(C(=O)c2ccc(Cl)cc2)N(C(=O)c2ccc(CO)cc2)C(=O)c2ccc(CO)cc2)cc1.Cc1ccc(S(=O)(=O)N(C(=O)c2ccc(Cl)cc2)N(C(=O)c2ccc(Cl)cc2)C(=O)c2ccc(Cl)cc2)cc1.Cc1ccc(S(=O)(=O)N(Cc2ccc(Cl)cc2)N(Cc2ccc(Cl)cc2)C(=O)c2ccc(Cl)cc2)cc1. The lowest BCUT2D eigenvalue weighted by Crippen LogP contribution is -2.55. The van der Waals surface area contributed by atoms with Crippen molar-refractivity contribution in [3.63, 3.8) is 0 Å². The van der Waals surface area contributed by atoms with Crippen LogP contribution in [0.15, 0.2) is 379 Å². The minimum Gasteiger partial charge on any atom is -0.392 e. The van der Waals surface area contributed by atoms with Gasteiger partial charge in [0.1, 0.15) is 0 Å². The molecule has 0 aliphatic heterocycles. The van der Waals surface area contributed by atoms with Crippen molar-refractivity contribution in [2.24, 2.45) is 0 Å². The van der Waals surface area contributed by atoms with Crippen LogP contribution in [-0.4, -0.2) is 139 Å². The van der Waals surface area contributed by atoms with Crippen molar-refractivity contribution in [3.8, 4) is 0 Å². The van der Waals surface area contributed by atoms with Crippen LogP contribution in [0.2, 0.25) is 50.2 Å². The topological polar surface area (TPSA) is 357 Å². The second-order valence-corrected chi connectivity index (χ2v) is 42.1. The molecule has 149 heavy (non-hydrogen) atoms. The van der Waals surface area contributed by atoms with Gasteiger partial charge in [0.25, 0.3) is 89.1 Å². The lowest BCUT2D eigenvalue weighted by molar-refractivity contribution is -0.134. The highest BCUT2D eigenvalue weighted by Gasteiger charge is 2.46. The summed E-state index contributed by atoms with van der Waals surface area (Å²) in [5.41, 5.74) is 4.48. The molecule has 27 nitrogen and oxygen atoms in total. The van der Waals surface area contributed by atoms with Crippen molar-refractivity contribution >= 4 is 211 Å². The van der Waals surface area contributed by atoms with E-state index in [1.54, 1.807) is 98.8 Å². The Hall–Kier alpha value is -14.1. The molecule has 0 atom stereocenters. The van der Waals surface area contributed by atoms with Gasteiger partial charge in [-0.15, -0.1) is 13.2 Å². The third-order valence-electron chi connectivity index (χ3n) is 21.7. The van der Waals surface area contributed by atoms with Gasteiger partial charge in [0, 0.05) is 113 Å². The Morgan fingerprint density at radius 2 is 0.383 bits per heavy atom. The van der Waals surface area contributed by atoms with Gasteiger partial charge in [0.15, 0.2) is 0 Å². The number of aliphatic hydroxyl groups excluding tert-OH is 2. The predicted octanol–water partition coefficient (Wildman–Crippen LogP) is 24.0. The van der Waals surface area contributed by atoms with Crippen LogP contribution in [-0.2, 0) is 61.2 Å². The van der Waals surface area contributed by atoms with Crippen LogP contribution in [0.3, 0.4) is 0 Å². The first-order valence-electron chi connectivity index (χ1n) is 44.1. The molecule has 15 aromatic rings. The van der Waals surface area contributed by atoms with Crippen LogP contribution in [0.5, 0.6) is 0 Å². The first-order valence-corrected chi connectivity index (χ1v) is 52.2. The lowest BCUT2D eigenvalue weighted by Gasteiger charge is -2.34. The van der Waals surface area contributed by atoms with Gasteiger partial charge in [0.2, 0.25) is 5.91 Å².